The van der Waals surface area contributed by atoms with Crippen LogP contribution in [0.2, 0.25) is 0 Å². The molecule has 0 spiro atoms. The molecule has 0 amide bonds. The molecule has 2 rings (SSSR count). The highest BCUT2D eigenvalue weighted by molar-refractivity contribution is 5.66. The maximum atomic E-state index is 4.70. The molecule has 0 fully saturated rings. The summed E-state index contributed by atoms with van der Waals surface area (Å²) in [6, 6.07) is 0. The summed E-state index contributed by atoms with van der Waals surface area (Å²) in [5.41, 5.74) is 0.897. The molecule has 0 saturated carbocycles. The number of hydrogen-bond acceptors (Lipinski definition) is 5. The number of hydrogen-bond donors (Lipinski definition) is 1. The number of fused-ring (bicyclic) bond motifs is 1. The fourth-order valence-corrected chi connectivity index (χ4v) is 1.97. The lowest BCUT2D eigenvalue weighted by molar-refractivity contribution is 0.416. The first-order valence-electron chi connectivity index (χ1n) is 7.05. The zero-order chi connectivity index (χ0) is 14.5. The van der Waals surface area contributed by atoms with Crippen LogP contribution in [0.3, 0.4) is 0 Å². The SMILES string of the molecule is CCCNc1cn2ccnc2c(N(C)CCN(C)C)n1. The Labute approximate surface area is 120 Å². The third kappa shape index (κ3) is 3.39. The summed E-state index contributed by atoms with van der Waals surface area (Å²) in [7, 11) is 6.21. The van der Waals surface area contributed by atoms with E-state index in [0.29, 0.717) is 0 Å². The van der Waals surface area contributed by atoms with Crippen molar-refractivity contribution in [2.45, 2.75) is 13.3 Å². The van der Waals surface area contributed by atoms with Gasteiger partial charge in [-0.05, 0) is 20.5 Å². The van der Waals surface area contributed by atoms with E-state index in [0.717, 1.165) is 43.3 Å². The van der Waals surface area contributed by atoms with Crippen LogP contribution >= 0.6 is 0 Å². The number of rotatable bonds is 7. The number of aromatic nitrogens is 3. The molecule has 2 heterocycles. The fourth-order valence-electron chi connectivity index (χ4n) is 1.97. The van der Waals surface area contributed by atoms with E-state index in [1.54, 1.807) is 0 Å². The van der Waals surface area contributed by atoms with Gasteiger partial charge in [0.2, 0.25) is 0 Å². The van der Waals surface area contributed by atoms with Crippen LogP contribution in [-0.4, -0.2) is 60.0 Å². The fraction of sp³-hybridized carbons (Fsp3) is 0.571. The first-order chi connectivity index (χ1) is 9.61. The number of imidazole rings is 1. The highest BCUT2D eigenvalue weighted by Crippen LogP contribution is 2.19. The molecular weight excluding hydrogens is 252 g/mol. The predicted molar refractivity (Wildman–Crippen MR) is 83.6 cm³/mol. The Morgan fingerprint density at radius 3 is 2.75 bits per heavy atom. The van der Waals surface area contributed by atoms with Crippen molar-refractivity contribution in [1.82, 2.24) is 19.3 Å². The number of likely N-dealkylation sites (N-methyl/N-ethyl adjacent to an activating group) is 2. The molecule has 0 saturated heterocycles. The first-order valence-corrected chi connectivity index (χ1v) is 7.05. The van der Waals surface area contributed by atoms with Crippen LogP contribution in [-0.2, 0) is 0 Å². The smallest absolute Gasteiger partial charge is 0.180 e. The van der Waals surface area contributed by atoms with Crippen molar-refractivity contribution >= 4 is 17.3 Å². The average molecular weight is 276 g/mol. The van der Waals surface area contributed by atoms with Crippen molar-refractivity contribution in [3.8, 4) is 0 Å². The lowest BCUT2D eigenvalue weighted by Gasteiger charge is -2.21. The topological polar surface area (TPSA) is 48.7 Å². The maximum Gasteiger partial charge on any atom is 0.180 e. The van der Waals surface area contributed by atoms with Crippen molar-refractivity contribution in [1.29, 1.82) is 0 Å². The van der Waals surface area contributed by atoms with Crippen molar-refractivity contribution in [3.05, 3.63) is 18.6 Å². The standard InChI is InChI=1S/C14H24N6/c1-5-6-15-12-11-20-8-7-16-13(20)14(17-12)19(4)10-9-18(2)3/h7-8,11,15H,5-6,9-10H2,1-4H3. The van der Waals surface area contributed by atoms with Crippen LogP contribution in [0.1, 0.15) is 13.3 Å². The summed E-state index contributed by atoms with van der Waals surface area (Å²) < 4.78 is 2.02. The molecule has 0 bridgehead atoms. The van der Waals surface area contributed by atoms with Crippen molar-refractivity contribution in [2.75, 3.05) is 51.0 Å². The molecule has 2 aromatic heterocycles. The van der Waals surface area contributed by atoms with Crippen LogP contribution in [0.5, 0.6) is 0 Å². The summed E-state index contributed by atoms with van der Waals surface area (Å²) in [6.07, 6.45) is 6.83. The zero-order valence-electron chi connectivity index (χ0n) is 12.8. The molecule has 0 radical (unpaired) electrons. The van der Waals surface area contributed by atoms with E-state index in [1.807, 2.05) is 23.0 Å². The van der Waals surface area contributed by atoms with Crippen molar-refractivity contribution in [3.63, 3.8) is 0 Å². The van der Waals surface area contributed by atoms with Gasteiger partial charge in [0, 0.05) is 39.1 Å². The third-order valence-electron chi connectivity index (χ3n) is 3.16. The van der Waals surface area contributed by atoms with E-state index >= 15 is 0 Å². The second kappa shape index (κ2) is 6.56. The van der Waals surface area contributed by atoms with Gasteiger partial charge in [0.15, 0.2) is 11.5 Å². The second-order valence-electron chi connectivity index (χ2n) is 5.26. The van der Waals surface area contributed by atoms with E-state index in [2.05, 4.69) is 48.2 Å². The molecular formula is C14H24N6. The summed E-state index contributed by atoms with van der Waals surface area (Å²) in [5, 5.41) is 3.34. The molecule has 20 heavy (non-hydrogen) atoms. The molecule has 0 aliphatic carbocycles. The van der Waals surface area contributed by atoms with Gasteiger partial charge in [0.25, 0.3) is 0 Å². The van der Waals surface area contributed by atoms with Crippen LogP contribution in [0.15, 0.2) is 18.6 Å². The Morgan fingerprint density at radius 1 is 1.25 bits per heavy atom. The molecule has 0 atom stereocenters. The molecule has 6 nitrogen and oxygen atoms in total. The highest BCUT2D eigenvalue weighted by Gasteiger charge is 2.11. The van der Waals surface area contributed by atoms with Gasteiger partial charge in [-0.1, -0.05) is 6.92 Å². The Balaban J connectivity index is 2.26. The summed E-state index contributed by atoms with van der Waals surface area (Å²) in [6.45, 7) is 4.97. The predicted octanol–water partition coefficient (Wildman–Crippen LogP) is 1.55. The van der Waals surface area contributed by atoms with Gasteiger partial charge in [0.1, 0.15) is 5.82 Å². The van der Waals surface area contributed by atoms with E-state index in [9.17, 15) is 0 Å². The second-order valence-corrected chi connectivity index (χ2v) is 5.26. The van der Waals surface area contributed by atoms with Crippen molar-refractivity contribution in [2.24, 2.45) is 0 Å². The minimum atomic E-state index is 0.893. The van der Waals surface area contributed by atoms with Crippen LogP contribution in [0.4, 0.5) is 11.6 Å². The largest absolute Gasteiger partial charge is 0.369 e. The number of nitrogens with one attached hydrogen (secondary N) is 1. The minimum Gasteiger partial charge on any atom is -0.369 e. The Morgan fingerprint density at radius 2 is 2.05 bits per heavy atom. The third-order valence-corrected chi connectivity index (χ3v) is 3.16. The van der Waals surface area contributed by atoms with E-state index in [1.165, 1.54) is 0 Å². The Kier molecular flexibility index (Phi) is 4.79. The van der Waals surface area contributed by atoms with E-state index < -0.39 is 0 Å². The molecule has 0 unspecified atom stereocenters. The summed E-state index contributed by atoms with van der Waals surface area (Å²) >= 11 is 0. The van der Waals surface area contributed by atoms with Crippen LogP contribution < -0.4 is 10.2 Å². The Bertz CT molecular complexity index is 548. The normalized spacial score (nSPS) is 11.2. The summed E-state index contributed by atoms with van der Waals surface area (Å²) in [4.78, 5) is 13.4. The van der Waals surface area contributed by atoms with Gasteiger partial charge >= 0.3 is 0 Å². The molecule has 0 aliphatic heterocycles. The zero-order valence-corrected chi connectivity index (χ0v) is 12.8. The molecule has 6 heteroatoms. The van der Waals surface area contributed by atoms with E-state index in [4.69, 9.17) is 4.98 Å². The summed E-state index contributed by atoms with van der Waals surface area (Å²) in [5.74, 6) is 1.81. The maximum absolute atomic E-state index is 4.70. The quantitative estimate of drug-likeness (QED) is 0.831. The number of nitrogens with zero attached hydrogens (tertiary/aromatic N) is 5. The van der Waals surface area contributed by atoms with Gasteiger partial charge in [-0.3, -0.25) is 0 Å². The van der Waals surface area contributed by atoms with Gasteiger partial charge < -0.3 is 19.5 Å². The monoisotopic (exact) mass is 276 g/mol. The van der Waals surface area contributed by atoms with E-state index in [-0.39, 0.29) is 0 Å². The molecule has 1 N–H and O–H groups in total. The lowest BCUT2D eigenvalue weighted by Crippen LogP contribution is -2.29. The molecule has 0 aromatic carbocycles. The van der Waals surface area contributed by atoms with Crippen LogP contribution in [0.25, 0.3) is 5.65 Å². The average Bonchev–Trinajstić information content (AvgIpc) is 2.89. The molecule has 2 aromatic rings. The van der Waals surface area contributed by atoms with Crippen LogP contribution in [0, 0.1) is 0 Å². The van der Waals surface area contributed by atoms with Gasteiger partial charge in [-0.25, -0.2) is 9.97 Å². The van der Waals surface area contributed by atoms with Gasteiger partial charge in [0.05, 0.1) is 6.20 Å². The lowest BCUT2D eigenvalue weighted by atomic mass is 10.4. The van der Waals surface area contributed by atoms with Crippen molar-refractivity contribution < 1.29 is 0 Å². The minimum absolute atomic E-state index is 0.893. The Hall–Kier alpha value is -1.82. The van der Waals surface area contributed by atoms with Gasteiger partial charge in [-0.15, -0.1) is 0 Å². The first kappa shape index (κ1) is 14.6. The molecule has 110 valence electrons. The number of anilines is 2. The molecule has 0 aliphatic rings. The highest BCUT2D eigenvalue weighted by atomic mass is 15.2. The van der Waals surface area contributed by atoms with Gasteiger partial charge in [-0.2, -0.15) is 0 Å².